The van der Waals surface area contributed by atoms with Gasteiger partial charge in [0.1, 0.15) is 17.7 Å². The molecular formula is C36H41F2N7O4. The molecule has 0 aliphatic carbocycles. The number of nitrogen functional groups attached to an aromatic ring is 1. The number of para-hydroxylation sites is 1. The van der Waals surface area contributed by atoms with Crippen molar-refractivity contribution in [2.24, 2.45) is 0 Å². The van der Waals surface area contributed by atoms with Crippen LogP contribution in [0.15, 0.2) is 48.8 Å². The molecule has 49 heavy (non-hydrogen) atoms. The van der Waals surface area contributed by atoms with Gasteiger partial charge in [-0.25, -0.2) is 18.4 Å². The van der Waals surface area contributed by atoms with Crippen LogP contribution in [0.1, 0.15) is 48.2 Å². The second-order valence-corrected chi connectivity index (χ2v) is 13.1. The lowest BCUT2D eigenvalue weighted by Crippen LogP contribution is -2.42. The number of carbonyl (C=O) groups is 1. The highest BCUT2D eigenvalue weighted by Gasteiger charge is 2.33. The van der Waals surface area contributed by atoms with Crippen molar-refractivity contribution in [1.82, 2.24) is 19.7 Å². The smallest absolute Gasteiger partial charge is 0.219 e. The summed E-state index contributed by atoms with van der Waals surface area (Å²) in [5.41, 5.74) is 10.8. The van der Waals surface area contributed by atoms with Crippen molar-refractivity contribution in [2.75, 3.05) is 55.3 Å². The Balaban J connectivity index is 1.09. The number of nitrogens with one attached hydrogen (secondary N) is 1. The molecule has 4 aromatic rings. The lowest BCUT2D eigenvalue weighted by Gasteiger charge is -2.36. The first-order valence-corrected chi connectivity index (χ1v) is 16.8. The maximum Gasteiger partial charge on any atom is 0.219 e. The van der Waals surface area contributed by atoms with Crippen LogP contribution >= 0.6 is 0 Å². The molecule has 0 bridgehead atoms. The summed E-state index contributed by atoms with van der Waals surface area (Å²) in [5.74, 6) is -1.39. The average molecular weight is 674 g/mol. The first-order valence-electron chi connectivity index (χ1n) is 16.8. The molecule has 2 fully saturated rings. The zero-order valence-electron chi connectivity index (χ0n) is 27.9. The van der Waals surface area contributed by atoms with Gasteiger partial charge in [-0.1, -0.05) is 6.07 Å². The number of likely N-dealkylation sites (tertiary alicyclic amines) is 1. The molecule has 5 heterocycles. The van der Waals surface area contributed by atoms with Crippen molar-refractivity contribution in [3.05, 3.63) is 77.1 Å². The Kier molecular flexibility index (Phi) is 9.12. The molecule has 1 unspecified atom stereocenters. The maximum absolute atomic E-state index is 14.1. The van der Waals surface area contributed by atoms with Crippen LogP contribution in [0.25, 0.3) is 5.69 Å². The van der Waals surface area contributed by atoms with Gasteiger partial charge in [0.05, 0.1) is 48.6 Å². The summed E-state index contributed by atoms with van der Waals surface area (Å²) < 4.78 is 47.4. The van der Waals surface area contributed by atoms with Crippen LogP contribution in [0, 0.1) is 18.6 Å². The molecule has 0 amide bonds. The molecule has 13 heteroatoms. The van der Waals surface area contributed by atoms with Crippen LogP contribution in [0.5, 0.6) is 17.4 Å². The molecule has 11 nitrogen and oxygen atoms in total. The summed E-state index contributed by atoms with van der Waals surface area (Å²) in [4.78, 5) is 22.9. The topological polar surface area (TPSA) is 120 Å². The molecular weight excluding hydrogens is 632 g/mol. The minimum atomic E-state index is -0.839. The second-order valence-electron chi connectivity index (χ2n) is 13.1. The third kappa shape index (κ3) is 6.64. The predicted molar refractivity (Wildman–Crippen MR) is 182 cm³/mol. The van der Waals surface area contributed by atoms with Crippen LogP contribution in [0.2, 0.25) is 0 Å². The van der Waals surface area contributed by atoms with E-state index in [0.29, 0.717) is 36.9 Å². The highest BCUT2D eigenvalue weighted by atomic mass is 19.1. The van der Waals surface area contributed by atoms with Gasteiger partial charge in [0.25, 0.3) is 0 Å². The van der Waals surface area contributed by atoms with Crippen molar-refractivity contribution >= 4 is 23.0 Å². The largest absolute Gasteiger partial charge is 0.488 e. The van der Waals surface area contributed by atoms with Gasteiger partial charge < -0.3 is 35.1 Å². The van der Waals surface area contributed by atoms with E-state index in [1.807, 2.05) is 0 Å². The van der Waals surface area contributed by atoms with E-state index in [2.05, 4.69) is 51.2 Å². The fraction of sp³-hybridized carbons (Fsp3) is 0.417. The van der Waals surface area contributed by atoms with E-state index < -0.39 is 23.4 Å². The molecule has 1 atom stereocenters. The number of Topliss-reactive ketones (excluding diaryl/α,β-unsaturated/α-hetero) is 1. The van der Waals surface area contributed by atoms with Crippen molar-refractivity contribution in [3.63, 3.8) is 0 Å². The first-order chi connectivity index (χ1) is 23.7. The Bertz CT molecular complexity index is 1830. The quantitative estimate of drug-likeness (QED) is 0.219. The van der Waals surface area contributed by atoms with E-state index in [1.165, 1.54) is 29.2 Å². The molecule has 3 aliphatic heterocycles. The number of aryl methyl sites for hydroxylation is 1. The number of carbonyl (C=O) groups excluding carboxylic acids is 1. The Hall–Kier alpha value is -4.75. The monoisotopic (exact) mass is 673 g/mol. The molecule has 7 rings (SSSR count). The molecule has 2 saturated heterocycles. The van der Waals surface area contributed by atoms with Crippen LogP contribution < -0.4 is 25.4 Å². The third-order valence-electron chi connectivity index (χ3n) is 9.59. The molecule has 0 radical (unpaired) electrons. The van der Waals surface area contributed by atoms with Crippen molar-refractivity contribution in [3.8, 4) is 23.1 Å². The summed E-state index contributed by atoms with van der Waals surface area (Å²) in [6, 6.07) is 9.17. The maximum atomic E-state index is 14.1. The number of hydrogen-bond acceptors (Lipinski definition) is 10. The normalized spacial score (nSPS) is 18.4. The number of ether oxygens (including phenoxy) is 3. The summed E-state index contributed by atoms with van der Waals surface area (Å²) >= 11 is 0. The summed E-state index contributed by atoms with van der Waals surface area (Å²) in [6.07, 6.45) is 5.43. The second kappa shape index (κ2) is 13.6. The van der Waals surface area contributed by atoms with Gasteiger partial charge >= 0.3 is 0 Å². The van der Waals surface area contributed by atoms with Crippen molar-refractivity contribution < 1.29 is 27.8 Å². The fourth-order valence-electron chi connectivity index (χ4n) is 6.78. The van der Waals surface area contributed by atoms with Gasteiger partial charge in [-0.3, -0.25) is 4.79 Å². The third-order valence-corrected chi connectivity index (χ3v) is 9.59. The number of rotatable bonds is 9. The number of ketones is 1. The summed E-state index contributed by atoms with van der Waals surface area (Å²) in [6.45, 7) is 11.1. The van der Waals surface area contributed by atoms with Crippen LogP contribution in [0.3, 0.4) is 0 Å². The van der Waals surface area contributed by atoms with Gasteiger partial charge in [-0.15, -0.1) is 0 Å². The molecule has 0 saturated carbocycles. The number of morpholine rings is 1. The fourth-order valence-corrected chi connectivity index (χ4v) is 6.78. The lowest BCUT2D eigenvalue weighted by molar-refractivity contribution is 0.0839. The number of pyridine rings is 1. The first kappa shape index (κ1) is 32.8. The number of nitrogens with two attached hydrogens (primary N) is 1. The molecule has 2 aromatic heterocycles. The Morgan fingerprint density at radius 1 is 1.04 bits per heavy atom. The highest BCUT2D eigenvalue weighted by Crippen LogP contribution is 2.40. The van der Waals surface area contributed by atoms with Gasteiger partial charge in [0, 0.05) is 50.4 Å². The standard InChI is InChI=1S/C36H41F2N7O4/c1-21(2)43-9-7-24(8-10-43)48-32-17-23-16-29(42-28(23)18-30(32)44-11-13-47-14-12-44)34(46)25-19-41-45(36(25)39)31-20-40-33(15-22(31)3)49-35-26(37)5-4-6-27(35)38/h4-6,15,17-21,24,29,42H,7-14,16,39H2,1-3H3. The van der Waals surface area contributed by atoms with Crippen LogP contribution in [-0.4, -0.2) is 83.0 Å². The van der Waals surface area contributed by atoms with Crippen LogP contribution in [-0.2, 0) is 11.2 Å². The SMILES string of the molecule is Cc1cc(Oc2c(F)cccc2F)ncc1-n1ncc(C(=O)C2Cc3cc(OC4CCN(C(C)C)CC4)c(N4CCOCC4)cc3N2)c1N. The van der Waals surface area contributed by atoms with E-state index in [0.717, 1.165) is 73.8 Å². The van der Waals surface area contributed by atoms with E-state index in [9.17, 15) is 13.6 Å². The van der Waals surface area contributed by atoms with Gasteiger partial charge in [0.15, 0.2) is 17.4 Å². The Morgan fingerprint density at radius 2 is 1.78 bits per heavy atom. The molecule has 3 N–H and O–H groups in total. The zero-order chi connectivity index (χ0) is 34.2. The lowest BCUT2D eigenvalue weighted by atomic mass is 10.0. The number of aromatic nitrogens is 3. The number of piperidine rings is 1. The van der Waals surface area contributed by atoms with E-state index in [1.54, 1.807) is 6.92 Å². The summed E-state index contributed by atoms with van der Waals surface area (Å²) in [5, 5.41) is 7.84. The number of anilines is 3. The number of benzene rings is 2. The Morgan fingerprint density at radius 3 is 2.47 bits per heavy atom. The van der Waals surface area contributed by atoms with E-state index in [-0.39, 0.29) is 29.1 Å². The molecule has 0 spiro atoms. The molecule has 3 aliphatic rings. The molecule has 258 valence electrons. The van der Waals surface area contributed by atoms with E-state index >= 15 is 0 Å². The average Bonchev–Trinajstić information content (AvgIpc) is 3.69. The molecule has 2 aromatic carbocycles. The Labute approximate surface area is 283 Å². The number of nitrogens with zero attached hydrogens (tertiary/aromatic N) is 5. The summed E-state index contributed by atoms with van der Waals surface area (Å²) in [7, 11) is 0. The van der Waals surface area contributed by atoms with Gasteiger partial charge in [-0.05, 0) is 69.0 Å². The zero-order valence-corrected chi connectivity index (χ0v) is 27.9. The number of hydrogen-bond donors (Lipinski definition) is 2. The number of halogens is 2. The predicted octanol–water partition coefficient (Wildman–Crippen LogP) is 5.54. The minimum absolute atomic E-state index is 0.000937. The van der Waals surface area contributed by atoms with Gasteiger partial charge in [-0.2, -0.15) is 5.10 Å². The number of fused-ring (bicyclic) bond motifs is 1. The van der Waals surface area contributed by atoms with E-state index in [4.69, 9.17) is 19.9 Å². The minimum Gasteiger partial charge on any atom is -0.488 e. The van der Waals surface area contributed by atoms with Crippen molar-refractivity contribution in [2.45, 2.75) is 58.2 Å². The van der Waals surface area contributed by atoms with Crippen LogP contribution in [0.4, 0.5) is 26.0 Å². The van der Waals surface area contributed by atoms with Crippen molar-refractivity contribution in [1.29, 1.82) is 0 Å². The highest BCUT2D eigenvalue weighted by molar-refractivity contribution is 6.06. The van der Waals surface area contributed by atoms with Gasteiger partial charge in [0.2, 0.25) is 11.6 Å².